The monoisotopic (exact) mass is 307 g/mol. The lowest BCUT2D eigenvalue weighted by atomic mass is 9.82. The molecule has 1 heterocycles. The van der Waals surface area contributed by atoms with Crippen LogP contribution >= 0.6 is 11.3 Å². The lowest BCUT2D eigenvalue weighted by Gasteiger charge is -2.22. The van der Waals surface area contributed by atoms with Gasteiger partial charge in [0.25, 0.3) is 5.19 Å². The normalized spacial score (nSPS) is 13.2. The van der Waals surface area contributed by atoms with Crippen LogP contribution in [-0.4, -0.2) is 29.1 Å². The Morgan fingerprint density at radius 2 is 1.95 bits per heavy atom. The molecular formula is C14H13NO5S. The van der Waals surface area contributed by atoms with Crippen LogP contribution in [0.3, 0.4) is 0 Å². The minimum absolute atomic E-state index is 0.313. The third-order valence-electron chi connectivity index (χ3n) is 3.07. The number of rotatable bonds is 5. The van der Waals surface area contributed by atoms with Gasteiger partial charge in [0, 0.05) is 11.6 Å². The number of carboxylic acids is 1. The van der Waals surface area contributed by atoms with Crippen LogP contribution < -0.4 is 4.74 Å². The van der Waals surface area contributed by atoms with E-state index in [0.29, 0.717) is 16.5 Å². The molecule has 1 aromatic heterocycles. The quantitative estimate of drug-likeness (QED) is 0.674. The topological polar surface area (TPSA) is 85.7 Å². The van der Waals surface area contributed by atoms with Crippen molar-refractivity contribution < 1.29 is 24.2 Å². The van der Waals surface area contributed by atoms with Crippen molar-refractivity contribution in [1.82, 2.24) is 4.98 Å². The summed E-state index contributed by atoms with van der Waals surface area (Å²) < 4.78 is 10.1. The maximum Gasteiger partial charge on any atom is 0.327 e. The number of carbonyl (C=O) groups is 2. The first kappa shape index (κ1) is 15.0. The molecule has 0 radical (unpaired) electrons. The SMILES string of the molecule is COC(=O)C(C)(C(=O)O)c1ccc(Oc2nccs2)cc1. The van der Waals surface area contributed by atoms with E-state index in [1.807, 2.05) is 0 Å². The molecule has 0 spiro atoms. The molecule has 1 aromatic carbocycles. The second-order valence-electron chi connectivity index (χ2n) is 4.35. The third-order valence-corrected chi connectivity index (χ3v) is 3.72. The van der Waals surface area contributed by atoms with Crippen molar-refractivity contribution in [3.05, 3.63) is 41.4 Å². The van der Waals surface area contributed by atoms with Gasteiger partial charge in [0.2, 0.25) is 0 Å². The number of carbonyl (C=O) groups excluding carboxylic acids is 1. The number of thiazole rings is 1. The molecule has 1 N–H and O–H groups in total. The molecule has 0 aliphatic carbocycles. The van der Waals surface area contributed by atoms with Crippen LogP contribution in [0.15, 0.2) is 35.8 Å². The lowest BCUT2D eigenvalue weighted by molar-refractivity contribution is -0.158. The highest BCUT2D eigenvalue weighted by Gasteiger charge is 2.44. The highest BCUT2D eigenvalue weighted by Crippen LogP contribution is 2.29. The number of aliphatic carboxylic acids is 1. The van der Waals surface area contributed by atoms with Gasteiger partial charge in [-0.25, -0.2) is 4.98 Å². The molecule has 0 aliphatic heterocycles. The van der Waals surface area contributed by atoms with Crippen LogP contribution in [0.4, 0.5) is 0 Å². The zero-order valence-electron chi connectivity index (χ0n) is 11.4. The summed E-state index contributed by atoms with van der Waals surface area (Å²) in [5.74, 6) is -1.60. The highest BCUT2D eigenvalue weighted by molar-refractivity contribution is 7.11. The molecule has 0 amide bonds. The number of benzene rings is 1. The Hall–Kier alpha value is -2.41. The van der Waals surface area contributed by atoms with Crippen LogP contribution in [0.2, 0.25) is 0 Å². The molecule has 0 fully saturated rings. The number of hydrogen-bond donors (Lipinski definition) is 1. The minimum atomic E-state index is -1.76. The summed E-state index contributed by atoms with van der Waals surface area (Å²) in [7, 11) is 1.16. The van der Waals surface area contributed by atoms with Crippen LogP contribution in [0, 0.1) is 0 Å². The van der Waals surface area contributed by atoms with Crippen LogP contribution in [0.1, 0.15) is 12.5 Å². The maximum atomic E-state index is 11.8. The van der Waals surface area contributed by atoms with Gasteiger partial charge in [-0.1, -0.05) is 23.5 Å². The molecular weight excluding hydrogens is 294 g/mol. The van der Waals surface area contributed by atoms with Crippen LogP contribution in [-0.2, 0) is 19.7 Å². The molecule has 0 saturated heterocycles. The molecule has 2 rings (SSSR count). The van der Waals surface area contributed by atoms with Gasteiger partial charge in [0.05, 0.1) is 7.11 Å². The van der Waals surface area contributed by atoms with Crippen molar-refractivity contribution in [2.45, 2.75) is 12.3 Å². The first-order valence-electron chi connectivity index (χ1n) is 5.98. The molecule has 1 unspecified atom stereocenters. The summed E-state index contributed by atoms with van der Waals surface area (Å²) in [6.07, 6.45) is 1.62. The van der Waals surface area contributed by atoms with Crippen molar-refractivity contribution in [3.8, 4) is 10.9 Å². The van der Waals surface area contributed by atoms with E-state index >= 15 is 0 Å². The zero-order valence-corrected chi connectivity index (χ0v) is 12.2. The number of methoxy groups -OCH3 is 1. The summed E-state index contributed by atoms with van der Waals surface area (Å²) in [5, 5.41) is 11.6. The Kier molecular flexibility index (Phi) is 4.23. The van der Waals surface area contributed by atoms with Gasteiger partial charge >= 0.3 is 11.9 Å². The van der Waals surface area contributed by atoms with E-state index in [4.69, 9.17) is 4.74 Å². The first-order chi connectivity index (χ1) is 9.98. The van der Waals surface area contributed by atoms with Crippen molar-refractivity contribution in [1.29, 1.82) is 0 Å². The number of esters is 1. The van der Waals surface area contributed by atoms with E-state index in [1.54, 1.807) is 23.7 Å². The molecule has 6 nitrogen and oxygen atoms in total. The summed E-state index contributed by atoms with van der Waals surface area (Å²) >= 11 is 1.34. The van der Waals surface area contributed by atoms with E-state index in [0.717, 1.165) is 7.11 Å². The van der Waals surface area contributed by atoms with E-state index in [2.05, 4.69) is 9.72 Å². The standard InChI is InChI=1S/C14H13NO5S/c1-14(11(16)17,12(18)19-2)9-3-5-10(6-4-9)20-13-15-7-8-21-13/h3-8H,1-2H3,(H,16,17). The average Bonchev–Trinajstić information content (AvgIpc) is 2.99. The fourth-order valence-corrected chi connectivity index (χ4v) is 2.25. The van der Waals surface area contributed by atoms with Gasteiger partial charge in [0.15, 0.2) is 5.41 Å². The van der Waals surface area contributed by atoms with Gasteiger partial charge in [-0.2, -0.15) is 0 Å². The van der Waals surface area contributed by atoms with Gasteiger partial charge in [0.1, 0.15) is 5.75 Å². The van der Waals surface area contributed by atoms with Gasteiger partial charge in [-0.3, -0.25) is 9.59 Å². The second kappa shape index (κ2) is 5.92. The molecule has 0 saturated carbocycles. The number of nitrogens with zero attached hydrogens (tertiary/aromatic N) is 1. The minimum Gasteiger partial charge on any atom is -0.480 e. The summed E-state index contributed by atoms with van der Waals surface area (Å²) in [6, 6.07) is 6.21. The number of hydrogen-bond acceptors (Lipinski definition) is 6. The van der Waals surface area contributed by atoms with Crippen molar-refractivity contribution in [2.24, 2.45) is 0 Å². The molecule has 110 valence electrons. The number of aromatic nitrogens is 1. The van der Waals surface area contributed by atoms with E-state index in [1.165, 1.54) is 30.4 Å². The molecule has 21 heavy (non-hydrogen) atoms. The zero-order chi connectivity index (χ0) is 15.5. The van der Waals surface area contributed by atoms with E-state index in [9.17, 15) is 14.7 Å². The maximum absolute atomic E-state index is 11.8. The Morgan fingerprint density at radius 3 is 2.43 bits per heavy atom. The average molecular weight is 307 g/mol. The largest absolute Gasteiger partial charge is 0.480 e. The van der Waals surface area contributed by atoms with Crippen molar-refractivity contribution in [3.63, 3.8) is 0 Å². The van der Waals surface area contributed by atoms with Gasteiger partial charge < -0.3 is 14.6 Å². The number of carboxylic acid groups (broad SMARTS) is 1. The molecule has 7 heteroatoms. The second-order valence-corrected chi connectivity index (χ2v) is 5.20. The fourth-order valence-electron chi connectivity index (χ4n) is 1.75. The summed E-state index contributed by atoms with van der Waals surface area (Å²) in [5.41, 5.74) is -1.44. The Morgan fingerprint density at radius 1 is 1.29 bits per heavy atom. The van der Waals surface area contributed by atoms with Crippen molar-refractivity contribution in [2.75, 3.05) is 7.11 Å². The lowest BCUT2D eigenvalue weighted by Crippen LogP contribution is -2.41. The van der Waals surface area contributed by atoms with Crippen molar-refractivity contribution >= 4 is 23.3 Å². The van der Waals surface area contributed by atoms with Crippen LogP contribution in [0.25, 0.3) is 0 Å². The number of ether oxygens (including phenoxy) is 2. The van der Waals surface area contributed by atoms with E-state index in [-0.39, 0.29) is 0 Å². The molecule has 0 aliphatic rings. The predicted molar refractivity (Wildman–Crippen MR) is 75.6 cm³/mol. The predicted octanol–water partition coefficient (Wildman–Crippen LogP) is 2.45. The van der Waals surface area contributed by atoms with Gasteiger partial charge in [-0.15, -0.1) is 0 Å². The smallest absolute Gasteiger partial charge is 0.327 e. The fraction of sp³-hybridized carbons (Fsp3) is 0.214. The van der Waals surface area contributed by atoms with E-state index < -0.39 is 17.4 Å². The molecule has 0 bridgehead atoms. The first-order valence-corrected chi connectivity index (χ1v) is 6.86. The Balaban J connectivity index is 2.28. The summed E-state index contributed by atoms with van der Waals surface area (Å²) in [4.78, 5) is 27.2. The molecule has 1 atom stereocenters. The third kappa shape index (κ3) is 2.87. The summed E-state index contributed by atoms with van der Waals surface area (Å²) in [6.45, 7) is 1.30. The Labute approximate surface area is 125 Å². The molecule has 2 aromatic rings. The highest BCUT2D eigenvalue weighted by atomic mass is 32.1. The van der Waals surface area contributed by atoms with Gasteiger partial charge in [-0.05, 0) is 24.6 Å². The van der Waals surface area contributed by atoms with Crippen LogP contribution in [0.5, 0.6) is 10.9 Å². The Bertz CT molecular complexity index is 638.